The van der Waals surface area contributed by atoms with Crippen molar-refractivity contribution in [3.63, 3.8) is 0 Å². The fourth-order valence-electron chi connectivity index (χ4n) is 3.61. The number of methoxy groups -OCH3 is 2. The zero-order valence-electron chi connectivity index (χ0n) is 12.6. The molecule has 0 radical (unpaired) electrons. The molecule has 4 atom stereocenters. The Morgan fingerprint density at radius 1 is 1.09 bits per heavy atom. The monoisotopic (exact) mass is 369 g/mol. The molecule has 2 aliphatic rings. The Hall–Kier alpha value is -1.52. The predicted octanol–water partition coefficient (Wildman–Crippen LogP) is 1.21. The number of fused-ring (bicyclic) bond motifs is 2. The van der Waals surface area contributed by atoms with Crippen molar-refractivity contribution in [2.75, 3.05) is 14.2 Å². The fourth-order valence-corrected chi connectivity index (χ4v) is 6.74. The van der Waals surface area contributed by atoms with Crippen LogP contribution in [0.1, 0.15) is 12.8 Å². The van der Waals surface area contributed by atoms with Gasteiger partial charge in [0.25, 0.3) is 0 Å². The van der Waals surface area contributed by atoms with Crippen molar-refractivity contribution in [1.29, 1.82) is 0 Å². The summed E-state index contributed by atoms with van der Waals surface area (Å²) in [5, 5.41) is 0. The molecule has 22 heavy (non-hydrogen) atoms. The second-order valence-corrected chi connectivity index (χ2v) is 8.16. The van der Waals surface area contributed by atoms with Gasteiger partial charge in [0.05, 0.1) is 0 Å². The van der Waals surface area contributed by atoms with E-state index in [1.807, 2.05) is 18.2 Å². The first-order valence-electron chi connectivity index (χ1n) is 7.33. The Labute approximate surface area is 136 Å². The summed E-state index contributed by atoms with van der Waals surface area (Å²) in [4.78, 5) is 26.3. The Morgan fingerprint density at radius 3 is 2.41 bits per heavy atom. The molecule has 2 heterocycles. The van der Waals surface area contributed by atoms with Gasteiger partial charge in [-0.3, -0.25) is 0 Å². The van der Waals surface area contributed by atoms with Crippen molar-refractivity contribution in [3.8, 4) is 0 Å². The molecule has 0 aliphatic carbocycles. The molecule has 0 aromatic heterocycles. The van der Waals surface area contributed by atoms with Gasteiger partial charge in [0.15, 0.2) is 0 Å². The quantitative estimate of drug-likeness (QED) is 0.595. The average molecular weight is 368 g/mol. The van der Waals surface area contributed by atoms with Crippen LogP contribution in [0, 0.1) is 5.92 Å². The van der Waals surface area contributed by atoms with Crippen LogP contribution in [0.2, 0.25) is 4.82 Å². The molecule has 1 amide bonds. The number of hydrogen-bond donors (Lipinski definition) is 0. The fraction of sp³-hybridized carbons (Fsp3) is 0.500. The number of carbonyl (C=O) groups is 2. The number of amides is 1. The van der Waals surface area contributed by atoms with Gasteiger partial charge in [0, 0.05) is 0 Å². The summed E-state index contributed by atoms with van der Waals surface area (Å²) in [5.74, 6) is -0.438. The maximum atomic E-state index is 12.3. The Balaban J connectivity index is 1.89. The van der Waals surface area contributed by atoms with E-state index in [1.54, 1.807) is 4.90 Å². The van der Waals surface area contributed by atoms with Gasteiger partial charge in [-0.05, 0) is 0 Å². The van der Waals surface area contributed by atoms with Gasteiger partial charge in [0.2, 0.25) is 0 Å². The van der Waals surface area contributed by atoms with E-state index >= 15 is 0 Å². The summed E-state index contributed by atoms with van der Waals surface area (Å²) in [6, 6.07) is 10.2. The number of rotatable bonds is 3. The molecule has 3 rings (SSSR count). The third-order valence-electron chi connectivity index (χ3n) is 4.49. The summed E-state index contributed by atoms with van der Waals surface area (Å²) in [6.07, 6.45) is 1.46. The Morgan fingerprint density at radius 2 is 1.77 bits per heavy atom. The van der Waals surface area contributed by atoms with Gasteiger partial charge >= 0.3 is 136 Å². The maximum absolute atomic E-state index is 12.3. The van der Waals surface area contributed by atoms with Crippen molar-refractivity contribution >= 4 is 31.5 Å². The topological polar surface area (TPSA) is 55.8 Å². The summed E-state index contributed by atoms with van der Waals surface area (Å²) in [6.45, 7) is 0. The van der Waals surface area contributed by atoms with E-state index < -0.39 is 0 Å². The van der Waals surface area contributed by atoms with Gasteiger partial charge in [-0.1, -0.05) is 0 Å². The van der Waals surface area contributed by atoms with Crippen molar-refractivity contribution in [3.05, 3.63) is 30.3 Å². The molecule has 1 aromatic carbocycles. The van der Waals surface area contributed by atoms with Crippen LogP contribution in [-0.4, -0.2) is 58.2 Å². The summed E-state index contributed by atoms with van der Waals surface area (Å²) in [7, 11) is 2.81. The van der Waals surface area contributed by atoms with Crippen LogP contribution in [0.4, 0.5) is 4.79 Å². The first-order valence-corrected chi connectivity index (χ1v) is 9.17. The molecule has 0 N–H and O–H groups in total. The van der Waals surface area contributed by atoms with Crippen molar-refractivity contribution < 1.29 is 19.1 Å². The van der Waals surface area contributed by atoms with Crippen molar-refractivity contribution in [2.24, 2.45) is 5.92 Å². The molecule has 118 valence electrons. The van der Waals surface area contributed by atoms with E-state index in [2.05, 4.69) is 12.1 Å². The van der Waals surface area contributed by atoms with Crippen LogP contribution in [0.5, 0.6) is 0 Å². The van der Waals surface area contributed by atoms with Crippen LogP contribution in [0.25, 0.3) is 0 Å². The van der Waals surface area contributed by atoms with Crippen LogP contribution in [0.3, 0.4) is 0 Å². The number of hydrogen-bond acceptors (Lipinski definition) is 4. The van der Waals surface area contributed by atoms with Crippen LogP contribution in [0.15, 0.2) is 30.3 Å². The first kappa shape index (κ1) is 15.4. The molecule has 2 fully saturated rings. The van der Waals surface area contributed by atoms with E-state index in [4.69, 9.17) is 9.47 Å². The van der Waals surface area contributed by atoms with Crippen LogP contribution < -0.4 is 4.46 Å². The molecular formula is C16H19NO4Se. The molecule has 2 aliphatic heterocycles. The molecule has 2 bridgehead atoms. The van der Waals surface area contributed by atoms with E-state index in [9.17, 15) is 9.59 Å². The molecule has 1 aromatic rings. The number of ether oxygens (including phenoxy) is 2. The SMILES string of the molecule is COC(=O)[C@H]1[C@H]([Se]c2ccccc2)[C@H]2CC[C@@H]1N2C(=O)OC. The third kappa shape index (κ3) is 2.50. The number of benzene rings is 1. The Bertz CT molecular complexity index is 565. The zero-order chi connectivity index (χ0) is 15.7. The van der Waals surface area contributed by atoms with Gasteiger partial charge in [-0.15, -0.1) is 0 Å². The van der Waals surface area contributed by atoms with Gasteiger partial charge < -0.3 is 0 Å². The van der Waals surface area contributed by atoms with Gasteiger partial charge in [-0.25, -0.2) is 0 Å². The van der Waals surface area contributed by atoms with Crippen molar-refractivity contribution in [1.82, 2.24) is 4.90 Å². The summed E-state index contributed by atoms with van der Waals surface area (Å²) in [5.41, 5.74) is 0. The average Bonchev–Trinajstić information content (AvgIpc) is 3.10. The molecule has 0 spiro atoms. The molecule has 5 nitrogen and oxygen atoms in total. The van der Waals surface area contributed by atoms with Crippen LogP contribution >= 0.6 is 0 Å². The predicted molar refractivity (Wildman–Crippen MR) is 82.1 cm³/mol. The van der Waals surface area contributed by atoms with Crippen molar-refractivity contribution in [2.45, 2.75) is 29.7 Å². The first-order chi connectivity index (χ1) is 10.7. The van der Waals surface area contributed by atoms with Gasteiger partial charge in [-0.2, -0.15) is 0 Å². The van der Waals surface area contributed by atoms with E-state index in [0.717, 1.165) is 12.8 Å². The van der Waals surface area contributed by atoms with E-state index in [-0.39, 0.29) is 49.8 Å². The second-order valence-electron chi connectivity index (χ2n) is 5.53. The second kappa shape index (κ2) is 6.31. The molecule has 0 unspecified atom stereocenters. The summed E-state index contributed by atoms with van der Waals surface area (Å²) < 4.78 is 11.2. The standard InChI is InChI=1S/C16H19NO4Se/c1-20-15(18)13-11-8-9-12(17(11)16(19)21-2)14(13)22-10-6-4-3-5-7-10/h3-7,11-14H,8-9H2,1-2H3/t11-,12+,13+,14+/m0/s1. The Kier molecular flexibility index (Phi) is 4.41. The number of esters is 1. The minimum atomic E-state index is -0.326. The van der Waals surface area contributed by atoms with E-state index in [1.165, 1.54) is 18.7 Å². The number of carbonyl (C=O) groups excluding carboxylic acids is 2. The molecule has 2 saturated heterocycles. The zero-order valence-corrected chi connectivity index (χ0v) is 14.3. The minimum absolute atomic E-state index is 0.0829. The van der Waals surface area contributed by atoms with E-state index in [0.29, 0.717) is 0 Å². The molecule has 0 saturated carbocycles. The van der Waals surface area contributed by atoms with Crippen LogP contribution in [-0.2, 0) is 14.3 Å². The normalized spacial score (nSPS) is 29.5. The summed E-state index contributed by atoms with van der Waals surface area (Å²) >= 11 is 0.117. The van der Waals surface area contributed by atoms with Gasteiger partial charge in [0.1, 0.15) is 0 Å². The third-order valence-corrected chi connectivity index (χ3v) is 7.48. The molecular weight excluding hydrogens is 349 g/mol. The number of nitrogens with zero attached hydrogens (tertiary/aromatic N) is 1. The molecule has 6 heteroatoms.